The van der Waals surface area contributed by atoms with Crippen molar-refractivity contribution in [2.24, 2.45) is 0 Å². The Morgan fingerprint density at radius 3 is 1.64 bits per heavy atom. The van der Waals surface area contributed by atoms with E-state index in [-0.39, 0.29) is 131 Å². The van der Waals surface area contributed by atoms with Gasteiger partial charge in [0.05, 0.1) is 13.2 Å². The van der Waals surface area contributed by atoms with Crippen LogP contribution in [0, 0.1) is 0 Å². The molecule has 52 valence electrons. The molecule has 0 radical (unpaired) electrons. The van der Waals surface area contributed by atoms with Crippen molar-refractivity contribution in [2.75, 3.05) is 13.2 Å². The fourth-order valence-electron chi connectivity index (χ4n) is 0.133. The first-order valence-electron chi connectivity index (χ1n) is 1.74. The van der Waals surface area contributed by atoms with Crippen molar-refractivity contribution in [3.63, 3.8) is 0 Å². The fourth-order valence-corrected chi connectivity index (χ4v) is 0.399. The van der Waals surface area contributed by atoms with Gasteiger partial charge in [0.1, 0.15) is 0 Å². The molecule has 0 bridgehead atoms. The normalized spacial score (nSPS) is 8.91. The molecule has 0 spiro atoms. The van der Waals surface area contributed by atoms with Crippen molar-refractivity contribution in [3.05, 3.63) is 0 Å². The van der Waals surface area contributed by atoms with Gasteiger partial charge in [0.25, 0.3) is 0 Å². The minimum atomic E-state index is -2.81. The van der Waals surface area contributed by atoms with Crippen molar-refractivity contribution in [1.29, 1.82) is 0 Å². The third-order valence-electron chi connectivity index (χ3n) is 0.317. The van der Waals surface area contributed by atoms with E-state index in [9.17, 15) is 4.57 Å². The molecule has 0 aromatic rings. The molecule has 2 N–H and O–H groups in total. The summed E-state index contributed by atoms with van der Waals surface area (Å²) >= 11 is 0. The number of hydrogen-bond acceptors (Lipinski definition) is 3. The van der Waals surface area contributed by atoms with Gasteiger partial charge in [-0.05, 0) is 0 Å². The Hall–Kier alpha value is 4.11. The van der Waals surface area contributed by atoms with Crippen molar-refractivity contribution < 1.29 is 19.1 Å². The van der Waals surface area contributed by atoms with E-state index < -0.39 is 8.25 Å². The first-order valence-corrected chi connectivity index (χ1v) is 3.00. The van der Waals surface area contributed by atoms with Gasteiger partial charge in [0.2, 0.25) is 0 Å². The maximum absolute atomic E-state index is 9.61. The molecule has 0 aliphatic heterocycles. The molecular weight excluding hydrogens is 211 g/mol. The summed E-state index contributed by atoms with van der Waals surface area (Å²) in [4.78, 5) is 7.90. The van der Waals surface area contributed by atoms with Crippen LogP contribution in [0.15, 0.2) is 0 Å². The van der Waals surface area contributed by atoms with E-state index in [2.05, 4.69) is 4.52 Å². The number of aliphatic hydroxyl groups excluding tert-OH is 1. The van der Waals surface area contributed by atoms with Gasteiger partial charge in [-0.2, -0.15) is 0 Å². The van der Waals surface area contributed by atoms with Crippen LogP contribution < -0.4 is 0 Å². The van der Waals surface area contributed by atoms with E-state index in [0.29, 0.717) is 0 Å². The summed E-state index contributed by atoms with van der Waals surface area (Å²) in [5, 5.41) is 7.96. The molecule has 0 rings (SSSR count). The molecule has 0 heterocycles. The van der Waals surface area contributed by atoms with Crippen molar-refractivity contribution in [3.8, 4) is 0 Å². The van der Waals surface area contributed by atoms with E-state index in [1.54, 1.807) is 0 Å². The maximum atomic E-state index is 9.61. The van der Waals surface area contributed by atoms with Crippen LogP contribution in [0.2, 0.25) is 0 Å². The van der Waals surface area contributed by atoms with E-state index >= 15 is 0 Å². The van der Waals surface area contributed by atoms with Crippen LogP contribution in [0.1, 0.15) is 0 Å². The summed E-state index contributed by atoms with van der Waals surface area (Å²) in [6.07, 6.45) is 0. The average Bonchev–Trinajstić information content (AvgIpc) is 1.61. The monoisotopic (exact) mass is 222 g/mol. The molecule has 0 aromatic carbocycles. The Balaban J connectivity index is -0.0000000300. The quantitative estimate of drug-likeness (QED) is 0.389. The SMILES string of the molecule is O=[PH](O)OCCO.[NaH].[NaH].[NaH].[NaH]. The summed E-state index contributed by atoms with van der Waals surface area (Å²) in [5.74, 6) is 0. The fraction of sp³-hybridized carbons (Fsp3) is 1.00. The Kier molecular flexibility index (Phi) is 63.5. The first kappa shape index (κ1) is 29.4. The number of rotatable bonds is 3. The van der Waals surface area contributed by atoms with E-state index in [1.165, 1.54) is 0 Å². The van der Waals surface area contributed by atoms with Gasteiger partial charge in [-0.1, -0.05) is 0 Å². The van der Waals surface area contributed by atoms with E-state index in [4.69, 9.17) is 10.00 Å². The molecule has 0 aliphatic carbocycles. The van der Waals surface area contributed by atoms with E-state index in [0.717, 1.165) is 0 Å². The molecule has 0 saturated carbocycles. The Morgan fingerprint density at radius 2 is 1.55 bits per heavy atom. The van der Waals surface area contributed by atoms with Crippen LogP contribution in [0.5, 0.6) is 0 Å². The van der Waals surface area contributed by atoms with Crippen LogP contribution in [0.3, 0.4) is 0 Å². The number of aliphatic hydroxyl groups is 1. The third-order valence-corrected chi connectivity index (χ3v) is 0.768. The van der Waals surface area contributed by atoms with Crippen molar-refractivity contribution in [1.82, 2.24) is 0 Å². The third kappa shape index (κ3) is 31.5. The zero-order valence-corrected chi connectivity index (χ0v) is 4.63. The van der Waals surface area contributed by atoms with Gasteiger partial charge in [-0.25, -0.2) is 0 Å². The van der Waals surface area contributed by atoms with E-state index in [1.807, 2.05) is 0 Å². The summed E-state index contributed by atoms with van der Waals surface area (Å²) in [6, 6.07) is 0. The molecule has 1 unspecified atom stereocenters. The molecule has 4 nitrogen and oxygen atoms in total. The molecule has 0 fully saturated rings. The van der Waals surface area contributed by atoms with Crippen LogP contribution in [-0.2, 0) is 9.09 Å². The second-order valence-corrected chi connectivity index (χ2v) is 1.66. The number of hydrogen-bond donors (Lipinski definition) is 2. The van der Waals surface area contributed by atoms with Gasteiger partial charge in [-0.15, -0.1) is 0 Å². The molecule has 0 saturated heterocycles. The average molecular weight is 222 g/mol. The molecule has 0 amide bonds. The van der Waals surface area contributed by atoms with Gasteiger partial charge >= 0.3 is 126 Å². The minimum absolute atomic E-state index is 0. The summed E-state index contributed by atoms with van der Waals surface area (Å²) < 4.78 is 13.7. The summed E-state index contributed by atoms with van der Waals surface area (Å²) in [6.45, 7) is -0.273. The topological polar surface area (TPSA) is 66.8 Å². The molecule has 0 aromatic heterocycles. The molecular formula is C2H11Na4O4P. The molecule has 11 heavy (non-hydrogen) atoms. The molecule has 1 atom stereocenters. The molecule has 0 aliphatic rings. The second kappa shape index (κ2) is 23.7. The summed E-state index contributed by atoms with van der Waals surface area (Å²) in [7, 11) is -2.81. The van der Waals surface area contributed by atoms with Crippen molar-refractivity contribution in [2.45, 2.75) is 0 Å². The van der Waals surface area contributed by atoms with Gasteiger partial charge < -0.3 is 14.5 Å². The van der Waals surface area contributed by atoms with Gasteiger partial charge in [0, 0.05) is 0 Å². The Bertz CT molecular complexity index is 73.1. The predicted molar refractivity (Wildman–Crippen MR) is 52.9 cm³/mol. The van der Waals surface area contributed by atoms with Crippen molar-refractivity contribution >= 4 is 126 Å². The summed E-state index contributed by atoms with van der Waals surface area (Å²) in [5.41, 5.74) is 0. The standard InChI is InChI=1S/C2H7O4P.4Na.4H/c3-1-2-6-7(4)5;;;;;;;;/h3,7H,1-2H2,(H,4,5);;;;;;;;. The Morgan fingerprint density at radius 1 is 1.18 bits per heavy atom. The zero-order valence-electron chi connectivity index (χ0n) is 3.63. The first-order chi connectivity index (χ1) is 3.27. The molecule has 9 heteroatoms. The van der Waals surface area contributed by atoms with Gasteiger partial charge in [0.15, 0.2) is 0 Å². The van der Waals surface area contributed by atoms with Crippen LogP contribution in [0.25, 0.3) is 0 Å². The van der Waals surface area contributed by atoms with Crippen LogP contribution in [-0.4, -0.2) is 141 Å². The van der Waals surface area contributed by atoms with Crippen LogP contribution in [0.4, 0.5) is 0 Å². The van der Waals surface area contributed by atoms with Crippen LogP contribution >= 0.6 is 8.25 Å². The zero-order chi connectivity index (χ0) is 5.70. The van der Waals surface area contributed by atoms with Gasteiger partial charge in [-0.3, -0.25) is 4.57 Å². The predicted octanol–water partition coefficient (Wildman–Crippen LogP) is -3.22. The second-order valence-electron chi connectivity index (χ2n) is 0.838. The Labute approximate surface area is 155 Å².